The first kappa shape index (κ1) is 21.5. The first-order valence-corrected chi connectivity index (χ1v) is 7.30. The molecule has 0 radical (unpaired) electrons. The highest BCUT2D eigenvalue weighted by molar-refractivity contribution is 6.02. The summed E-state index contributed by atoms with van der Waals surface area (Å²) >= 11 is 0. The number of rotatable bonds is 4. The van der Waals surface area contributed by atoms with Crippen molar-refractivity contribution in [3.8, 4) is 5.75 Å². The van der Waals surface area contributed by atoms with Gasteiger partial charge in [-0.1, -0.05) is 36.4 Å². The number of nitrogens with two attached hydrogens (primary N) is 2. The standard InChI is InChI=1S/C15H15N3O2.C2HF3O2/c16-15(17)18-14(19)12-7-4-8-13(9-12)20-10-11-5-2-1-3-6-11;3-2(4,5)1(6)7/h1-9H,10H2,(H4,16,17,18,19);(H,6,7). The van der Waals surface area contributed by atoms with E-state index in [1.807, 2.05) is 30.3 Å². The van der Waals surface area contributed by atoms with Crippen molar-refractivity contribution in [2.45, 2.75) is 12.8 Å². The zero-order valence-electron chi connectivity index (χ0n) is 13.8. The lowest BCUT2D eigenvalue weighted by molar-refractivity contribution is -0.192. The van der Waals surface area contributed by atoms with Crippen LogP contribution >= 0.6 is 0 Å². The maximum Gasteiger partial charge on any atom is 0.490 e. The van der Waals surface area contributed by atoms with E-state index in [1.54, 1.807) is 24.3 Å². The van der Waals surface area contributed by atoms with Crippen LogP contribution in [0.4, 0.5) is 13.2 Å². The molecule has 2 aromatic carbocycles. The Hall–Kier alpha value is -3.56. The molecule has 144 valence electrons. The Morgan fingerprint density at radius 1 is 1.04 bits per heavy atom. The molecule has 1 amide bonds. The van der Waals surface area contributed by atoms with Crippen molar-refractivity contribution < 1.29 is 32.6 Å². The highest BCUT2D eigenvalue weighted by Crippen LogP contribution is 2.16. The number of ether oxygens (including phenoxy) is 1. The van der Waals surface area contributed by atoms with Crippen molar-refractivity contribution in [3.05, 3.63) is 65.7 Å². The zero-order valence-corrected chi connectivity index (χ0v) is 13.8. The normalized spacial score (nSPS) is 10.2. The SMILES string of the molecule is NC(N)=NC(=O)c1cccc(OCc2ccccc2)c1.O=C(O)C(F)(F)F. The van der Waals surface area contributed by atoms with E-state index in [1.165, 1.54) is 0 Å². The van der Waals surface area contributed by atoms with E-state index in [-0.39, 0.29) is 5.96 Å². The number of nitrogens with zero attached hydrogens (tertiary/aromatic N) is 1. The van der Waals surface area contributed by atoms with Crippen molar-refractivity contribution in [3.63, 3.8) is 0 Å². The summed E-state index contributed by atoms with van der Waals surface area (Å²) in [5, 5.41) is 7.12. The summed E-state index contributed by atoms with van der Waals surface area (Å²) in [7, 11) is 0. The molecule has 27 heavy (non-hydrogen) atoms. The molecule has 5 N–H and O–H groups in total. The maximum atomic E-state index is 11.7. The second-order valence-corrected chi connectivity index (χ2v) is 4.95. The summed E-state index contributed by atoms with van der Waals surface area (Å²) in [6, 6.07) is 16.5. The van der Waals surface area contributed by atoms with Gasteiger partial charge in [0.1, 0.15) is 12.4 Å². The highest BCUT2D eigenvalue weighted by Gasteiger charge is 2.38. The molecule has 0 atom stereocenters. The number of carbonyl (C=O) groups is 2. The molecular weight excluding hydrogens is 367 g/mol. The number of guanidine groups is 1. The fourth-order valence-electron chi connectivity index (χ4n) is 1.64. The minimum Gasteiger partial charge on any atom is -0.489 e. The lowest BCUT2D eigenvalue weighted by Crippen LogP contribution is -2.24. The van der Waals surface area contributed by atoms with Crippen LogP contribution in [-0.4, -0.2) is 29.1 Å². The van der Waals surface area contributed by atoms with Gasteiger partial charge in [-0.2, -0.15) is 18.2 Å². The average molecular weight is 383 g/mol. The Bertz CT molecular complexity index is 805. The smallest absolute Gasteiger partial charge is 0.489 e. The van der Waals surface area contributed by atoms with Gasteiger partial charge in [0, 0.05) is 5.56 Å². The summed E-state index contributed by atoms with van der Waals surface area (Å²) in [6.45, 7) is 0.431. The van der Waals surface area contributed by atoms with Crippen LogP contribution in [0.15, 0.2) is 59.6 Å². The summed E-state index contributed by atoms with van der Waals surface area (Å²) < 4.78 is 37.4. The molecule has 7 nitrogen and oxygen atoms in total. The van der Waals surface area contributed by atoms with Gasteiger partial charge in [0.05, 0.1) is 0 Å². The van der Waals surface area contributed by atoms with Crippen LogP contribution in [0, 0.1) is 0 Å². The van der Waals surface area contributed by atoms with Crippen LogP contribution in [-0.2, 0) is 11.4 Å². The van der Waals surface area contributed by atoms with E-state index in [9.17, 15) is 18.0 Å². The summed E-state index contributed by atoms with van der Waals surface area (Å²) in [5.41, 5.74) is 11.8. The predicted molar refractivity (Wildman–Crippen MR) is 91.0 cm³/mol. The Morgan fingerprint density at radius 3 is 2.15 bits per heavy atom. The quantitative estimate of drug-likeness (QED) is 0.549. The van der Waals surface area contributed by atoms with Crippen LogP contribution in [0.2, 0.25) is 0 Å². The van der Waals surface area contributed by atoms with E-state index in [0.29, 0.717) is 17.9 Å². The van der Waals surface area contributed by atoms with Crippen LogP contribution in [0.5, 0.6) is 5.75 Å². The van der Waals surface area contributed by atoms with Crippen molar-refractivity contribution in [2.75, 3.05) is 0 Å². The molecule has 0 saturated heterocycles. The molecule has 2 rings (SSSR count). The predicted octanol–water partition coefficient (Wildman–Crippen LogP) is 2.31. The van der Waals surface area contributed by atoms with Crippen molar-refractivity contribution in [2.24, 2.45) is 16.5 Å². The fourth-order valence-corrected chi connectivity index (χ4v) is 1.64. The first-order valence-electron chi connectivity index (χ1n) is 7.30. The summed E-state index contributed by atoms with van der Waals surface area (Å²) in [4.78, 5) is 24.1. The molecule has 0 spiro atoms. The van der Waals surface area contributed by atoms with Gasteiger partial charge in [-0.3, -0.25) is 4.79 Å². The Labute approximate surface area is 152 Å². The molecule has 0 aliphatic rings. The number of hydrogen-bond donors (Lipinski definition) is 3. The molecule has 10 heteroatoms. The largest absolute Gasteiger partial charge is 0.490 e. The van der Waals surface area contributed by atoms with Gasteiger partial charge >= 0.3 is 12.1 Å². The van der Waals surface area contributed by atoms with Gasteiger partial charge in [-0.05, 0) is 23.8 Å². The van der Waals surface area contributed by atoms with E-state index < -0.39 is 18.1 Å². The van der Waals surface area contributed by atoms with Crippen molar-refractivity contribution >= 4 is 17.8 Å². The van der Waals surface area contributed by atoms with Gasteiger partial charge in [0.2, 0.25) is 0 Å². The number of carboxylic acid groups (broad SMARTS) is 1. The number of halogens is 3. The molecule has 0 heterocycles. The molecular formula is C17H16F3N3O4. The molecule has 0 aliphatic heterocycles. The third-order valence-corrected chi connectivity index (χ3v) is 2.80. The van der Waals surface area contributed by atoms with Gasteiger partial charge in [0.25, 0.3) is 5.91 Å². The van der Waals surface area contributed by atoms with Crippen LogP contribution in [0.3, 0.4) is 0 Å². The lowest BCUT2D eigenvalue weighted by Gasteiger charge is -2.07. The molecule has 0 fully saturated rings. The third-order valence-electron chi connectivity index (χ3n) is 2.80. The minimum absolute atomic E-state index is 0.259. The van der Waals surface area contributed by atoms with E-state index in [4.69, 9.17) is 26.1 Å². The maximum absolute atomic E-state index is 11.7. The number of carbonyl (C=O) groups excluding carboxylic acids is 1. The topological polar surface area (TPSA) is 128 Å². The number of benzene rings is 2. The number of alkyl halides is 3. The first-order chi connectivity index (χ1) is 12.6. The lowest BCUT2D eigenvalue weighted by atomic mass is 10.2. The average Bonchev–Trinajstić information content (AvgIpc) is 2.60. The summed E-state index contributed by atoms with van der Waals surface area (Å²) in [6.07, 6.45) is -5.08. The number of amides is 1. The second-order valence-electron chi connectivity index (χ2n) is 4.95. The van der Waals surface area contributed by atoms with Crippen molar-refractivity contribution in [1.29, 1.82) is 0 Å². The zero-order chi connectivity index (χ0) is 20.4. The van der Waals surface area contributed by atoms with Gasteiger partial charge in [0.15, 0.2) is 5.96 Å². The minimum atomic E-state index is -5.08. The molecule has 0 bridgehead atoms. The summed E-state index contributed by atoms with van der Waals surface area (Å²) in [5.74, 6) is -2.92. The molecule has 2 aromatic rings. The Morgan fingerprint density at radius 2 is 1.63 bits per heavy atom. The van der Waals surface area contributed by atoms with E-state index >= 15 is 0 Å². The van der Waals surface area contributed by atoms with Crippen LogP contribution < -0.4 is 16.2 Å². The Kier molecular flexibility index (Phi) is 7.80. The number of hydrogen-bond acceptors (Lipinski definition) is 3. The van der Waals surface area contributed by atoms with Gasteiger partial charge in [-0.15, -0.1) is 0 Å². The highest BCUT2D eigenvalue weighted by atomic mass is 19.4. The fraction of sp³-hybridized carbons (Fsp3) is 0.118. The molecule has 0 unspecified atom stereocenters. The number of carboxylic acids is 1. The van der Waals surface area contributed by atoms with Gasteiger partial charge < -0.3 is 21.3 Å². The van der Waals surface area contributed by atoms with E-state index in [0.717, 1.165) is 5.56 Å². The number of aliphatic imine (C=N–C) groups is 1. The van der Waals surface area contributed by atoms with E-state index in [2.05, 4.69) is 4.99 Å². The number of aliphatic carboxylic acids is 1. The molecule has 0 aliphatic carbocycles. The Balaban J connectivity index is 0.000000445. The van der Waals surface area contributed by atoms with Crippen LogP contribution in [0.1, 0.15) is 15.9 Å². The third kappa shape index (κ3) is 8.38. The monoisotopic (exact) mass is 383 g/mol. The molecule has 0 aromatic heterocycles. The second kappa shape index (κ2) is 9.80. The van der Waals surface area contributed by atoms with Crippen molar-refractivity contribution in [1.82, 2.24) is 0 Å². The molecule has 0 saturated carbocycles. The van der Waals surface area contributed by atoms with Gasteiger partial charge in [-0.25, -0.2) is 4.79 Å². The van der Waals surface area contributed by atoms with Crippen LogP contribution in [0.25, 0.3) is 0 Å².